The van der Waals surface area contributed by atoms with Gasteiger partial charge in [-0.05, 0) is 42.8 Å². The molecule has 0 fully saturated rings. The van der Waals surface area contributed by atoms with Crippen molar-refractivity contribution in [2.24, 2.45) is 0 Å². The number of fused-ring (bicyclic) bond motifs is 1. The van der Waals surface area contributed by atoms with E-state index in [-0.39, 0.29) is 27.3 Å². The fourth-order valence-electron chi connectivity index (χ4n) is 2.96. The van der Waals surface area contributed by atoms with Crippen LogP contribution in [0.5, 0.6) is 0 Å². The third-order valence-electron chi connectivity index (χ3n) is 4.51. The molecule has 1 amide bonds. The van der Waals surface area contributed by atoms with Crippen LogP contribution in [0.4, 0.5) is 5.69 Å². The Bertz CT molecular complexity index is 1170. The third kappa shape index (κ3) is 4.97. The van der Waals surface area contributed by atoms with Crippen LogP contribution in [0.3, 0.4) is 0 Å². The zero-order chi connectivity index (χ0) is 21.9. The average molecular weight is 467 g/mol. The van der Waals surface area contributed by atoms with Gasteiger partial charge in [-0.2, -0.15) is 4.31 Å². The summed E-state index contributed by atoms with van der Waals surface area (Å²) < 4.78 is 26.8. The van der Waals surface area contributed by atoms with Gasteiger partial charge in [0.05, 0.1) is 32.4 Å². The Kier molecular flexibility index (Phi) is 7.07. The van der Waals surface area contributed by atoms with Crippen molar-refractivity contribution in [3.05, 3.63) is 47.0 Å². The lowest BCUT2D eigenvalue weighted by Crippen LogP contribution is -2.30. The number of hydrogen-bond donors (Lipinski definition) is 2. The predicted octanol–water partition coefficient (Wildman–Crippen LogP) is 4.29. The second-order valence-corrected chi connectivity index (χ2v) is 9.94. The molecule has 0 aliphatic heterocycles. The van der Waals surface area contributed by atoms with Crippen molar-refractivity contribution < 1.29 is 13.2 Å². The van der Waals surface area contributed by atoms with E-state index >= 15 is 0 Å². The first kappa shape index (κ1) is 22.6. The Hall–Kier alpha value is -2.07. The van der Waals surface area contributed by atoms with Gasteiger partial charge in [-0.1, -0.05) is 43.3 Å². The van der Waals surface area contributed by atoms with E-state index in [1.807, 2.05) is 25.1 Å². The number of rotatable bonds is 8. The first-order valence-electron chi connectivity index (χ1n) is 9.43. The van der Waals surface area contributed by atoms with Crippen molar-refractivity contribution in [3.8, 4) is 0 Å². The van der Waals surface area contributed by atoms with Crippen LogP contribution in [-0.2, 0) is 14.8 Å². The molecule has 0 bridgehead atoms. The van der Waals surface area contributed by atoms with Crippen LogP contribution in [0.1, 0.15) is 19.4 Å². The second kappa shape index (κ2) is 9.38. The molecular weight excluding hydrogens is 444 g/mol. The van der Waals surface area contributed by atoms with Gasteiger partial charge in [-0.3, -0.25) is 4.79 Å². The first-order chi connectivity index (χ1) is 14.2. The molecular formula is C20H23ClN4O3S2. The number of sulfonamides is 1. The number of anilines is 1. The molecule has 2 aromatic carbocycles. The second-order valence-electron chi connectivity index (χ2n) is 6.63. The summed E-state index contributed by atoms with van der Waals surface area (Å²) in [5, 5.41) is 3.60. The van der Waals surface area contributed by atoms with Crippen LogP contribution in [0.15, 0.2) is 46.5 Å². The van der Waals surface area contributed by atoms with Gasteiger partial charge in [0.15, 0.2) is 5.16 Å². The van der Waals surface area contributed by atoms with Gasteiger partial charge < -0.3 is 10.3 Å². The SMILES string of the molecule is CCN(CC)S(=O)(=O)c1ccc(Cl)c(NC(=O)CSc2nc3ccc(C)cc3[nH]2)c1. The number of nitrogens with zero attached hydrogens (tertiary/aromatic N) is 2. The Labute approximate surface area is 185 Å². The van der Waals surface area contributed by atoms with Gasteiger partial charge in [0.25, 0.3) is 0 Å². The maximum atomic E-state index is 12.7. The van der Waals surface area contributed by atoms with Gasteiger partial charge in [0.2, 0.25) is 15.9 Å². The van der Waals surface area contributed by atoms with Crippen LogP contribution in [0.25, 0.3) is 11.0 Å². The number of amides is 1. The van der Waals surface area contributed by atoms with E-state index in [4.69, 9.17) is 11.6 Å². The summed E-state index contributed by atoms with van der Waals surface area (Å²) >= 11 is 7.43. The van der Waals surface area contributed by atoms with Crippen molar-refractivity contribution in [2.75, 3.05) is 24.2 Å². The highest BCUT2D eigenvalue weighted by atomic mass is 35.5. The molecule has 30 heavy (non-hydrogen) atoms. The molecule has 7 nitrogen and oxygen atoms in total. The monoisotopic (exact) mass is 466 g/mol. The highest BCUT2D eigenvalue weighted by Crippen LogP contribution is 2.27. The van der Waals surface area contributed by atoms with Crippen LogP contribution >= 0.6 is 23.4 Å². The minimum atomic E-state index is -3.65. The smallest absolute Gasteiger partial charge is 0.243 e. The lowest BCUT2D eigenvalue weighted by molar-refractivity contribution is -0.113. The Balaban J connectivity index is 1.71. The van der Waals surface area contributed by atoms with Crippen LogP contribution < -0.4 is 5.32 Å². The third-order valence-corrected chi connectivity index (χ3v) is 7.76. The van der Waals surface area contributed by atoms with Crippen LogP contribution in [-0.4, -0.2) is 47.4 Å². The van der Waals surface area contributed by atoms with Crippen molar-refractivity contribution >= 4 is 56.0 Å². The van der Waals surface area contributed by atoms with Gasteiger partial charge in [0, 0.05) is 13.1 Å². The van der Waals surface area contributed by atoms with Crippen molar-refractivity contribution in [3.63, 3.8) is 0 Å². The maximum absolute atomic E-state index is 12.7. The number of carbonyl (C=O) groups excluding carboxylic acids is 1. The average Bonchev–Trinajstić information content (AvgIpc) is 3.10. The summed E-state index contributed by atoms with van der Waals surface area (Å²) in [4.78, 5) is 20.1. The number of halogens is 1. The normalized spacial score (nSPS) is 11.9. The van der Waals surface area contributed by atoms with Crippen LogP contribution in [0, 0.1) is 6.92 Å². The molecule has 1 heterocycles. The zero-order valence-corrected chi connectivity index (χ0v) is 19.3. The summed E-state index contributed by atoms with van der Waals surface area (Å²) in [6.07, 6.45) is 0. The fourth-order valence-corrected chi connectivity index (χ4v) is 5.30. The number of imidazole rings is 1. The van der Waals surface area contributed by atoms with E-state index in [2.05, 4.69) is 15.3 Å². The molecule has 0 aliphatic rings. The Morgan fingerprint density at radius 2 is 1.93 bits per heavy atom. The van der Waals surface area contributed by atoms with Crippen molar-refractivity contribution in [2.45, 2.75) is 30.8 Å². The molecule has 0 saturated heterocycles. The first-order valence-corrected chi connectivity index (χ1v) is 12.2. The van der Waals surface area contributed by atoms with Gasteiger partial charge in [0.1, 0.15) is 0 Å². The van der Waals surface area contributed by atoms with Gasteiger partial charge >= 0.3 is 0 Å². The molecule has 2 N–H and O–H groups in total. The van der Waals surface area contributed by atoms with E-state index in [0.717, 1.165) is 16.6 Å². The summed E-state index contributed by atoms with van der Waals surface area (Å²) in [5.74, 6) is -0.210. The number of H-pyrrole nitrogens is 1. The number of aromatic nitrogens is 2. The number of aromatic amines is 1. The van der Waals surface area contributed by atoms with Gasteiger partial charge in [-0.25, -0.2) is 13.4 Å². The number of nitrogens with one attached hydrogen (secondary N) is 2. The predicted molar refractivity (Wildman–Crippen MR) is 122 cm³/mol. The molecule has 1 aromatic heterocycles. The van der Waals surface area contributed by atoms with Crippen molar-refractivity contribution in [1.29, 1.82) is 0 Å². The number of aryl methyl sites for hydroxylation is 1. The fraction of sp³-hybridized carbons (Fsp3) is 0.300. The molecule has 0 aliphatic carbocycles. The van der Waals surface area contributed by atoms with E-state index in [1.54, 1.807) is 13.8 Å². The van der Waals surface area contributed by atoms with Crippen LogP contribution in [0.2, 0.25) is 5.02 Å². The van der Waals surface area contributed by atoms with Crippen molar-refractivity contribution in [1.82, 2.24) is 14.3 Å². The van der Waals surface area contributed by atoms with E-state index < -0.39 is 10.0 Å². The maximum Gasteiger partial charge on any atom is 0.243 e. The summed E-state index contributed by atoms with van der Waals surface area (Å²) in [5.41, 5.74) is 3.13. The Morgan fingerprint density at radius 3 is 2.63 bits per heavy atom. The lowest BCUT2D eigenvalue weighted by Gasteiger charge is -2.19. The quantitative estimate of drug-likeness (QED) is 0.483. The summed E-state index contributed by atoms with van der Waals surface area (Å²) in [6.45, 7) is 6.26. The molecule has 3 aromatic rings. The summed E-state index contributed by atoms with van der Waals surface area (Å²) in [7, 11) is -3.65. The highest BCUT2D eigenvalue weighted by Gasteiger charge is 2.23. The topological polar surface area (TPSA) is 95.2 Å². The Morgan fingerprint density at radius 1 is 1.20 bits per heavy atom. The summed E-state index contributed by atoms with van der Waals surface area (Å²) in [6, 6.07) is 10.2. The largest absolute Gasteiger partial charge is 0.333 e. The molecule has 0 spiro atoms. The van der Waals surface area contributed by atoms with E-state index in [0.29, 0.717) is 18.2 Å². The molecule has 10 heteroatoms. The number of benzene rings is 2. The van der Waals surface area contributed by atoms with E-state index in [1.165, 1.54) is 34.3 Å². The lowest BCUT2D eigenvalue weighted by atomic mass is 10.2. The number of carbonyl (C=O) groups is 1. The molecule has 0 radical (unpaired) electrons. The molecule has 0 atom stereocenters. The molecule has 3 rings (SSSR count). The molecule has 160 valence electrons. The standard InChI is InChI=1S/C20H23ClN4O3S2/c1-4-25(5-2)30(27,28)14-7-8-15(21)17(11-14)22-19(26)12-29-20-23-16-9-6-13(3)10-18(16)24-20/h6-11H,4-5,12H2,1-3H3,(H,22,26)(H,23,24). The minimum Gasteiger partial charge on any atom is -0.333 e. The molecule has 0 unspecified atom stereocenters. The number of hydrogen-bond acceptors (Lipinski definition) is 5. The van der Waals surface area contributed by atoms with E-state index in [9.17, 15) is 13.2 Å². The van der Waals surface area contributed by atoms with Gasteiger partial charge in [-0.15, -0.1) is 0 Å². The highest BCUT2D eigenvalue weighted by molar-refractivity contribution is 7.99. The number of thioether (sulfide) groups is 1. The molecule has 0 saturated carbocycles. The minimum absolute atomic E-state index is 0.0891. The zero-order valence-electron chi connectivity index (χ0n) is 16.9.